The summed E-state index contributed by atoms with van der Waals surface area (Å²) < 4.78 is 20.1. The third-order valence-electron chi connectivity index (χ3n) is 2.22. The lowest BCUT2D eigenvalue weighted by atomic mass is 10.1. The summed E-state index contributed by atoms with van der Waals surface area (Å²) in [6, 6.07) is 0. The summed E-state index contributed by atoms with van der Waals surface area (Å²) in [5.74, 6) is -1.64. The molecule has 0 radical (unpaired) electrons. The van der Waals surface area contributed by atoms with Gasteiger partial charge in [0, 0.05) is 27.2 Å². The lowest BCUT2D eigenvalue weighted by molar-refractivity contribution is -0.248. The molecular formula is C11H16O7. The SMILES string of the molecule is CC(=O)O[C@@H]1OCC[C@H](OC(C)=O)[C@H]1OC(C)=O. The Balaban J connectivity index is 2.78. The summed E-state index contributed by atoms with van der Waals surface area (Å²) in [5, 5.41) is 0. The number of ether oxygens (including phenoxy) is 4. The third-order valence-corrected chi connectivity index (χ3v) is 2.22. The lowest BCUT2D eigenvalue weighted by Gasteiger charge is -2.35. The number of hydrogen-bond donors (Lipinski definition) is 0. The first-order valence-corrected chi connectivity index (χ1v) is 5.53. The van der Waals surface area contributed by atoms with E-state index in [1.807, 2.05) is 0 Å². The van der Waals surface area contributed by atoms with Crippen LogP contribution in [0.15, 0.2) is 0 Å². The highest BCUT2D eigenvalue weighted by atomic mass is 16.7. The molecule has 0 aromatic rings. The van der Waals surface area contributed by atoms with E-state index in [1.54, 1.807) is 0 Å². The van der Waals surface area contributed by atoms with E-state index in [1.165, 1.54) is 20.8 Å². The molecule has 0 N–H and O–H groups in total. The van der Waals surface area contributed by atoms with Crippen molar-refractivity contribution >= 4 is 17.9 Å². The van der Waals surface area contributed by atoms with Gasteiger partial charge in [0.2, 0.25) is 12.4 Å². The maximum absolute atomic E-state index is 11.0. The second kappa shape index (κ2) is 6.34. The second-order valence-electron chi connectivity index (χ2n) is 3.86. The molecule has 1 heterocycles. The summed E-state index contributed by atoms with van der Waals surface area (Å²) in [6.07, 6.45) is -2.30. The van der Waals surface area contributed by atoms with Crippen LogP contribution in [0.1, 0.15) is 27.2 Å². The zero-order valence-corrected chi connectivity index (χ0v) is 10.5. The molecule has 1 aliphatic heterocycles. The van der Waals surface area contributed by atoms with Crippen LogP contribution in [0.3, 0.4) is 0 Å². The highest BCUT2D eigenvalue weighted by Crippen LogP contribution is 2.22. The van der Waals surface area contributed by atoms with E-state index in [-0.39, 0.29) is 6.61 Å². The molecule has 1 saturated heterocycles. The Bertz CT molecular complexity index is 314. The number of rotatable bonds is 3. The van der Waals surface area contributed by atoms with E-state index in [2.05, 4.69) is 0 Å². The van der Waals surface area contributed by atoms with Crippen molar-refractivity contribution in [3.63, 3.8) is 0 Å². The number of esters is 3. The van der Waals surface area contributed by atoms with Gasteiger partial charge in [-0.15, -0.1) is 0 Å². The van der Waals surface area contributed by atoms with Gasteiger partial charge in [-0.05, 0) is 0 Å². The van der Waals surface area contributed by atoms with Crippen LogP contribution in [0.5, 0.6) is 0 Å². The first kappa shape index (κ1) is 14.4. The molecule has 1 aliphatic rings. The lowest BCUT2D eigenvalue weighted by Crippen LogP contribution is -2.50. The smallest absolute Gasteiger partial charge is 0.305 e. The molecular weight excluding hydrogens is 244 g/mol. The van der Waals surface area contributed by atoms with Crippen LogP contribution in [0.25, 0.3) is 0 Å². The van der Waals surface area contributed by atoms with Gasteiger partial charge >= 0.3 is 17.9 Å². The largest absolute Gasteiger partial charge is 0.458 e. The zero-order chi connectivity index (χ0) is 13.7. The Morgan fingerprint density at radius 3 is 2.00 bits per heavy atom. The Morgan fingerprint density at radius 1 is 0.944 bits per heavy atom. The molecule has 0 aromatic carbocycles. The molecule has 1 fully saturated rings. The molecule has 0 saturated carbocycles. The minimum Gasteiger partial charge on any atom is -0.458 e. The van der Waals surface area contributed by atoms with Crippen molar-refractivity contribution < 1.29 is 33.3 Å². The molecule has 0 aromatic heterocycles. The van der Waals surface area contributed by atoms with E-state index in [9.17, 15) is 14.4 Å². The van der Waals surface area contributed by atoms with E-state index >= 15 is 0 Å². The summed E-state index contributed by atoms with van der Waals surface area (Å²) in [4.78, 5) is 32.9. The molecule has 7 heteroatoms. The van der Waals surface area contributed by atoms with Gasteiger partial charge in [-0.2, -0.15) is 0 Å². The van der Waals surface area contributed by atoms with Crippen molar-refractivity contribution in [2.45, 2.75) is 45.7 Å². The number of carbonyl (C=O) groups excluding carboxylic acids is 3. The topological polar surface area (TPSA) is 88.1 Å². The average molecular weight is 260 g/mol. The zero-order valence-electron chi connectivity index (χ0n) is 10.5. The monoisotopic (exact) mass is 260 g/mol. The van der Waals surface area contributed by atoms with Crippen molar-refractivity contribution in [2.75, 3.05) is 6.61 Å². The van der Waals surface area contributed by atoms with Crippen LogP contribution in [0, 0.1) is 0 Å². The van der Waals surface area contributed by atoms with Gasteiger partial charge in [0.25, 0.3) is 0 Å². The van der Waals surface area contributed by atoms with Gasteiger partial charge in [-0.25, -0.2) is 0 Å². The minimum absolute atomic E-state index is 0.244. The summed E-state index contributed by atoms with van der Waals surface area (Å²) in [6.45, 7) is 3.92. The van der Waals surface area contributed by atoms with Crippen LogP contribution >= 0.6 is 0 Å². The first-order valence-electron chi connectivity index (χ1n) is 5.53. The van der Waals surface area contributed by atoms with Crippen molar-refractivity contribution in [3.05, 3.63) is 0 Å². The summed E-state index contributed by atoms with van der Waals surface area (Å²) in [7, 11) is 0. The summed E-state index contributed by atoms with van der Waals surface area (Å²) in [5.41, 5.74) is 0. The van der Waals surface area contributed by atoms with Gasteiger partial charge in [-0.1, -0.05) is 0 Å². The van der Waals surface area contributed by atoms with Crippen molar-refractivity contribution in [3.8, 4) is 0 Å². The second-order valence-corrected chi connectivity index (χ2v) is 3.86. The Hall–Kier alpha value is -1.63. The Morgan fingerprint density at radius 2 is 1.50 bits per heavy atom. The Labute approximate surface area is 104 Å². The van der Waals surface area contributed by atoms with Crippen molar-refractivity contribution in [1.82, 2.24) is 0 Å². The molecule has 102 valence electrons. The molecule has 3 atom stereocenters. The highest BCUT2D eigenvalue weighted by molar-refractivity contribution is 5.68. The van der Waals surface area contributed by atoms with Gasteiger partial charge in [0.1, 0.15) is 6.10 Å². The van der Waals surface area contributed by atoms with Gasteiger partial charge in [-0.3, -0.25) is 14.4 Å². The van der Waals surface area contributed by atoms with Crippen LogP contribution in [0.2, 0.25) is 0 Å². The number of carbonyl (C=O) groups is 3. The van der Waals surface area contributed by atoms with E-state index < -0.39 is 36.4 Å². The van der Waals surface area contributed by atoms with Crippen LogP contribution in [-0.2, 0) is 33.3 Å². The van der Waals surface area contributed by atoms with Gasteiger partial charge in [0.05, 0.1) is 6.61 Å². The van der Waals surface area contributed by atoms with Gasteiger partial charge < -0.3 is 18.9 Å². The fourth-order valence-electron chi connectivity index (χ4n) is 1.66. The molecule has 0 bridgehead atoms. The standard InChI is InChI=1S/C11H16O7/c1-6(12)16-9-4-5-15-11(18-8(3)14)10(9)17-7(2)13/h9-11H,4-5H2,1-3H3/t9-,10+,11-/m0/s1. The molecule has 18 heavy (non-hydrogen) atoms. The number of hydrogen-bond acceptors (Lipinski definition) is 7. The molecule has 0 unspecified atom stereocenters. The summed E-state index contributed by atoms with van der Waals surface area (Å²) >= 11 is 0. The maximum Gasteiger partial charge on any atom is 0.305 e. The van der Waals surface area contributed by atoms with Crippen molar-refractivity contribution in [1.29, 1.82) is 0 Å². The predicted molar refractivity (Wildman–Crippen MR) is 57.2 cm³/mol. The molecule has 0 spiro atoms. The molecule has 1 rings (SSSR count). The van der Waals surface area contributed by atoms with Crippen LogP contribution in [-0.4, -0.2) is 43.0 Å². The first-order chi connectivity index (χ1) is 8.40. The van der Waals surface area contributed by atoms with Gasteiger partial charge in [0.15, 0.2) is 0 Å². The van der Waals surface area contributed by atoms with Crippen LogP contribution in [0.4, 0.5) is 0 Å². The maximum atomic E-state index is 11.0. The predicted octanol–water partition coefficient (Wildman–Crippen LogP) is 0.159. The highest BCUT2D eigenvalue weighted by Gasteiger charge is 2.41. The van der Waals surface area contributed by atoms with E-state index in [0.717, 1.165) is 0 Å². The van der Waals surface area contributed by atoms with Crippen molar-refractivity contribution in [2.24, 2.45) is 0 Å². The fourth-order valence-corrected chi connectivity index (χ4v) is 1.66. The molecule has 0 amide bonds. The van der Waals surface area contributed by atoms with E-state index in [0.29, 0.717) is 6.42 Å². The Kier molecular flexibility index (Phi) is 5.08. The van der Waals surface area contributed by atoms with Crippen LogP contribution < -0.4 is 0 Å². The quantitative estimate of drug-likeness (QED) is 0.527. The molecule has 0 aliphatic carbocycles. The fraction of sp³-hybridized carbons (Fsp3) is 0.727. The average Bonchev–Trinajstić information content (AvgIpc) is 2.20. The molecule has 7 nitrogen and oxygen atoms in total. The van der Waals surface area contributed by atoms with E-state index in [4.69, 9.17) is 18.9 Å². The normalized spacial score (nSPS) is 27.2. The minimum atomic E-state index is -1.05. The third kappa shape index (κ3) is 4.33.